The van der Waals surface area contributed by atoms with Gasteiger partial charge in [0, 0.05) is 13.6 Å². The van der Waals surface area contributed by atoms with E-state index in [2.05, 4.69) is 10.3 Å². The Morgan fingerprint density at radius 1 is 1.50 bits per heavy atom. The predicted octanol–water partition coefficient (Wildman–Crippen LogP) is 1.70. The summed E-state index contributed by atoms with van der Waals surface area (Å²) in [7, 11) is 1.85. The molecule has 1 heterocycles. The van der Waals surface area contributed by atoms with Gasteiger partial charge in [-0.1, -0.05) is 31.0 Å². The second kappa shape index (κ2) is 7.69. The third-order valence-electron chi connectivity index (χ3n) is 3.85. The standard InChI is InChI=1S/C14H23N3O2S/c1-17-12(9-18)8-16-14(17)20-10-13(19)15-7-11-5-3-2-4-6-11/h8,11,18H,2-7,9-10H2,1H3,(H,15,19). The van der Waals surface area contributed by atoms with Gasteiger partial charge in [0.15, 0.2) is 5.16 Å². The summed E-state index contributed by atoms with van der Waals surface area (Å²) in [6.07, 6.45) is 8.06. The molecule has 5 nitrogen and oxygen atoms in total. The van der Waals surface area contributed by atoms with Crippen LogP contribution < -0.4 is 5.32 Å². The second-order valence-corrected chi connectivity index (χ2v) is 6.29. The lowest BCUT2D eigenvalue weighted by molar-refractivity contribution is -0.118. The number of nitrogens with zero attached hydrogens (tertiary/aromatic N) is 2. The first-order chi connectivity index (χ1) is 9.70. The number of rotatable bonds is 6. The molecule has 2 N–H and O–H groups in total. The van der Waals surface area contributed by atoms with Crippen LogP contribution in [0.3, 0.4) is 0 Å². The molecule has 0 aliphatic heterocycles. The normalized spacial score (nSPS) is 16.3. The average Bonchev–Trinajstić information content (AvgIpc) is 2.84. The molecule has 2 rings (SSSR count). The average molecular weight is 297 g/mol. The number of carbonyl (C=O) groups excluding carboxylic acids is 1. The lowest BCUT2D eigenvalue weighted by atomic mass is 9.89. The molecule has 0 spiro atoms. The van der Waals surface area contributed by atoms with Crippen molar-refractivity contribution in [2.45, 2.75) is 43.9 Å². The molecule has 1 aromatic heterocycles. The van der Waals surface area contributed by atoms with Crippen LogP contribution in [0.5, 0.6) is 0 Å². The van der Waals surface area contributed by atoms with Crippen LogP contribution in [-0.4, -0.2) is 32.9 Å². The number of imidazole rings is 1. The van der Waals surface area contributed by atoms with Crippen molar-refractivity contribution in [2.75, 3.05) is 12.3 Å². The van der Waals surface area contributed by atoms with E-state index < -0.39 is 0 Å². The van der Waals surface area contributed by atoms with Gasteiger partial charge in [-0.25, -0.2) is 4.98 Å². The highest BCUT2D eigenvalue weighted by molar-refractivity contribution is 7.99. The molecule has 0 saturated heterocycles. The SMILES string of the molecule is Cn1c(CO)cnc1SCC(=O)NCC1CCCCC1. The van der Waals surface area contributed by atoms with Crippen LogP contribution in [0, 0.1) is 5.92 Å². The van der Waals surface area contributed by atoms with E-state index in [4.69, 9.17) is 5.11 Å². The number of aliphatic hydroxyl groups is 1. The van der Waals surface area contributed by atoms with Crippen LogP contribution in [0.1, 0.15) is 37.8 Å². The maximum absolute atomic E-state index is 11.8. The molecule has 0 aromatic carbocycles. The van der Waals surface area contributed by atoms with Gasteiger partial charge in [0.2, 0.25) is 5.91 Å². The molecule has 0 atom stereocenters. The Morgan fingerprint density at radius 2 is 2.25 bits per heavy atom. The topological polar surface area (TPSA) is 67.1 Å². The van der Waals surface area contributed by atoms with Crippen LogP contribution in [0.25, 0.3) is 0 Å². The molecule has 1 amide bonds. The molecule has 0 unspecified atom stereocenters. The van der Waals surface area contributed by atoms with E-state index in [1.54, 1.807) is 6.20 Å². The van der Waals surface area contributed by atoms with E-state index in [0.717, 1.165) is 17.4 Å². The fourth-order valence-electron chi connectivity index (χ4n) is 2.54. The van der Waals surface area contributed by atoms with Gasteiger partial charge in [-0.2, -0.15) is 0 Å². The van der Waals surface area contributed by atoms with Crippen molar-refractivity contribution < 1.29 is 9.90 Å². The number of carbonyl (C=O) groups is 1. The second-order valence-electron chi connectivity index (χ2n) is 5.35. The quantitative estimate of drug-likeness (QED) is 0.784. The highest BCUT2D eigenvalue weighted by Gasteiger charge is 2.15. The summed E-state index contributed by atoms with van der Waals surface area (Å²) in [5.74, 6) is 1.10. The predicted molar refractivity (Wildman–Crippen MR) is 79.4 cm³/mol. The van der Waals surface area contributed by atoms with Gasteiger partial charge < -0.3 is 15.0 Å². The van der Waals surface area contributed by atoms with E-state index in [0.29, 0.717) is 11.7 Å². The van der Waals surface area contributed by atoms with Gasteiger partial charge in [-0.3, -0.25) is 4.79 Å². The molecular weight excluding hydrogens is 274 g/mol. The highest BCUT2D eigenvalue weighted by atomic mass is 32.2. The lowest BCUT2D eigenvalue weighted by Gasteiger charge is -2.21. The summed E-state index contributed by atoms with van der Waals surface area (Å²) in [6, 6.07) is 0. The van der Waals surface area contributed by atoms with E-state index in [1.165, 1.54) is 43.9 Å². The van der Waals surface area contributed by atoms with Crippen molar-refractivity contribution in [3.63, 3.8) is 0 Å². The van der Waals surface area contributed by atoms with Gasteiger partial charge in [0.05, 0.1) is 24.3 Å². The minimum atomic E-state index is -0.0298. The number of thioether (sulfide) groups is 1. The molecule has 1 aliphatic rings. The van der Waals surface area contributed by atoms with Gasteiger partial charge in [-0.05, 0) is 18.8 Å². The Labute approximate surface area is 124 Å². The van der Waals surface area contributed by atoms with Crippen LogP contribution in [0.4, 0.5) is 0 Å². The van der Waals surface area contributed by atoms with E-state index in [9.17, 15) is 4.79 Å². The number of nitrogens with one attached hydrogen (secondary N) is 1. The minimum Gasteiger partial charge on any atom is -0.390 e. The largest absolute Gasteiger partial charge is 0.390 e. The molecule has 1 saturated carbocycles. The van der Waals surface area contributed by atoms with Crippen molar-refractivity contribution in [2.24, 2.45) is 13.0 Å². The van der Waals surface area contributed by atoms with Gasteiger partial charge in [-0.15, -0.1) is 0 Å². The molecule has 112 valence electrons. The van der Waals surface area contributed by atoms with Crippen molar-refractivity contribution in [3.8, 4) is 0 Å². The molecule has 6 heteroatoms. The van der Waals surface area contributed by atoms with E-state index in [-0.39, 0.29) is 12.5 Å². The molecule has 1 aromatic rings. The van der Waals surface area contributed by atoms with Crippen molar-refractivity contribution in [3.05, 3.63) is 11.9 Å². The zero-order chi connectivity index (χ0) is 14.4. The number of aliphatic hydroxyl groups excluding tert-OH is 1. The summed E-state index contributed by atoms with van der Waals surface area (Å²) < 4.78 is 1.82. The van der Waals surface area contributed by atoms with Crippen molar-refractivity contribution in [1.82, 2.24) is 14.9 Å². The zero-order valence-electron chi connectivity index (χ0n) is 12.0. The lowest BCUT2D eigenvalue weighted by Crippen LogP contribution is -2.31. The number of amides is 1. The fourth-order valence-corrected chi connectivity index (χ4v) is 3.34. The van der Waals surface area contributed by atoms with Gasteiger partial charge >= 0.3 is 0 Å². The van der Waals surface area contributed by atoms with Crippen LogP contribution in [0.15, 0.2) is 11.4 Å². The van der Waals surface area contributed by atoms with Crippen molar-refractivity contribution in [1.29, 1.82) is 0 Å². The van der Waals surface area contributed by atoms with E-state index in [1.807, 2.05) is 11.6 Å². The minimum absolute atomic E-state index is 0.0298. The highest BCUT2D eigenvalue weighted by Crippen LogP contribution is 2.23. The Hall–Kier alpha value is -1.01. The smallest absolute Gasteiger partial charge is 0.230 e. The first-order valence-corrected chi connectivity index (χ1v) is 8.20. The Kier molecular flexibility index (Phi) is 5.91. The first kappa shape index (κ1) is 15.4. The monoisotopic (exact) mass is 297 g/mol. The third kappa shape index (κ3) is 4.24. The summed E-state index contributed by atoms with van der Waals surface area (Å²) in [5, 5.41) is 12.9. The Bertz CT molecular complexity index is 442. The number of hydrogen-bond acceptors (Lipinski definition) is 4. The molecule has 20 heavy (non-hydrogen) atoms. The van der Waals surface area contributed by atoms with Gasteiger partial charge in [0.25, 0.3) is 0 Å². The maximum Gasteiger partial charge on any atom is 0.230 e. The van der Waals surface area contributed by atoms with Crippen LogP contribution in [-0.2, 0) is 18.4 Å². The van der Waals surface area contributed by atoms with Crippen molar-refractivity contribution >= 4 is 17.7 Å². The first-order valence-electron chi connectivity index (χ1n) is 7.21. The van der Waals surface area contributed by atoms with Crippen LogP contribution in [0.2, 0.25) is 0 Å². The summed E-state index contributed by atoms with van der Waals surface area (Å²) in [4.78, 5) is 16.0. The fraction of sp³-hybridized carbons (Fsp3) is 0.714. The summed E-state index contributed by atoms with van der Waals surface area (Å²) in [5.41, 5.74) is 0.759. The molecule has 1 fully saturated rings. The zero-order valence-corrected chi connectivity index (χ0v) is 12.8. The molecule has 1 aliphatic carbocycles. The maximum atomic E-state index is 11.8. The summed E-state index contributed by atoms with van der Waals surface area (Å²) >= 11 is 1.41. The summed E-state index contributed by atoms with van der Waals surface area (Å²) in [6.45, 7) is 0.778. The molecule has 0 bridgehead atoms. The molecule has 0 radical (unpaired) electrons. The third-order valence-corrected chi connectivity index (χ3v) is 4.89. The van der Waals surface area contributed by atoms with Crippen LogP contribution >= 0.6 is 11.8 Å². The van der Waals surface area contributed by atoms with E-state index >= 15 is 0 Å². The molecular formula is C14H23N3O2S. The number of hydrogen-bond donors (Lipinski definition) is 2. The Balaban J connectivity index is 1.70. The number of aromatic nitrogens is 2. The Morgan fingerprint density at radius 3 is 2.90 bits per heavy atom. The van der Waals surface area contributed by atoms with Gasteiger partial charge in [0.1, 0.15) is 0 Å².